The van der Waals surface area contributed by atoms with Gasteiger partial charge in [0.1, 0.15) is 5.82 Å². The summed E-state index contributed by atoms with van der Waals surface area (Å²) in [6, 6.07) is 3.85. The van der Waals surface area contributed by atoms with E-state index in [1.807, 2.05) is 26.0 Å². The minimum atomic E-state index is -0.0393. The molecule has 5 heteroatoms. The number of carbonyl (C=O) groups excluding carboxylic acids is 1. The number of anilines is 1. The van der Waals surface area contributed by atoms with Gasteiger partial charge in [-0.05, 0) is 41.9 Å². The van der Waals surface area contributed by atoms with Gasteiger partial charge in [-0.2, -0.15) is 0 Å². The molecule has 1 heterocycles. The van der Waals surface area contributed by atoms with E-state index in [2.05, 4.69) is 31.5 Å². The summed E-state index contributed by atoms with van der Waals surface area (Å²) in [7, 11) is 0. The first-order chi connectivity index (χ1) is 7.09. The van der Waals surface area contributed by atoms with Crippen LogP contribution in [0.4, 0.5) is 5.82 Å². The first-order valence-corrected chi connectivity index (χ1v) is 5.52. The average molecular weight is 272 g/mol. The van der Waals surface area contributed by atoms with E-state index in [-0.39, 0.29) is 18.5 Å². The molecule has 0 radical (unpaired) electrons. The fraction of sp³-hybridized carbons (Fsp3) is 0.400. The largest absolute Gasteiger partial charge is 0.360 e. The van der Waals surface area contributed by atoms with Crippen LogP contribution in [0.3, 0.4) is 0 Å². The van der Waals surface area contributed by atoms with E-state index >= 15 is 0 Å². The van der Waals surface area contributed by atoms with Gasteiger partial charge >= 0.3 is 0 Å². The van der Waals surface area contributed by atoms with E-state index in [1.165, 1.54) is 0 Å². The first-order valence-electron chi connectivity index (χ1n) is 4.73. The number of aromatic nitrogens is 1. The third kappa shape index (κ3) is 4.29. The Balaban J connectivity index is 2.44. The molecule has 0 saturated heterocycles. The van der Waals surface area contributed by atoms with Gasteiger partial charge in [-0.25, -0.2) is 4.98 Å². The van der Waals surface area contributed by atoms with E-state index in [0.717, 1.165) is 4.47 Å². The van der Waals surface area contributed by atoms with Crippen molar-refractivity contribution in [2.75, 3.05) is 11.9 Å². The highest BCUT2D eigenvalue weighted by molar-refractivity contribution is 9.10. The monoisotopic (exact) mass is 271 g/mol. The Morgan fingerprint density at radius 3 is 2.93 bits per heavy atom. The predicted octanol–water partition coefficient (Wildman–Crippen LogP) is 1.78. The molecule has 0 atom stereocenters. The molecule has 1 rings (SSSR count). The minimum absolute atomic E-state index is 0.0393. The zero-order valence-corrected chi connectivity index (χ0v) is 10.3. The molecule has 0 unspecified atom stereocenters. The Labute approximate surface area is 97.6 Å². The first kappa shape index (κ1) is 12.0. The fourth-order valence-electron chi connectivity index (χ4n) is 1.05. The van der Waals surface area contributed by atoms with Crippen molar-refractivity contribution >= 4 is 27.7 Å². The summed E-state index contributed by atoms with van der Waals surface area (Å²) < 4.78 is 0.849. The van der Waals surface area contributed by atoms with Gasteiger partial charge in [0, 0.05) is 12.2 Å². The van der Waals surface area contributed by atoms with Crippen LogP contribution in [0.1, 0.15) is 13.8 Å². The molecular weight excluding hydrogens is 258 g/mol. The Morgan fingerprint density at radius 2 is 2.33 bits per heavy atom. The van der Waals surface area contributed by atoms with Crippen LogP contribution in [0.15, 0.2) is 22.8 Å². The highest BCUT2D eigenvalue weighted by atomic mass is 79.9. The highest BCUT2D eigenvalue weighted by Gasteiger charge is 2.04. The van der Waals surface area contributed by atoms with Crippen molar-refractivity contribution in [3.63, 3.8) is 0 Å². The van der Waals surface area contributed by atoms with E-state index in [1.54, 1.807) is 6.20 Å². The Hall–Kier alpha value is -1.10. The van der Waals surface area contributed by atoms with Crippen LogP contribution in [0.5, 0.6) is 0 Å². The van der Waals surface area contributed by atoms with Crippen LogP contribution in [-0.2, 0) is 4.79 Å². The highest BCUT2D eigenvalue weighted by Crippen LogP contribution is 2.17. The predicted molar refractivity (Wildman–Crippen MR) is 63.7 cm³/mol. The number of halogens is 1. The lowest BCUT2D eigenvalue weighted by molar-refractivity contribution is -0.119. The zero-order chi connectivity index (χ0) is 11.3. The van der Waals surface area contributed by atoms with Crippen LogP contribution in [0.2, 0.25) is 0 Å². The van der Waals surface area contributed by atoms with Crippen molar-refractivity contribution in [3.8, 4) is 0 Å². The van der Waals surface area contributed by atoms with Crippen LogP contribution in [0.25, 0.3) is 0 Å². The van der Waals surface area contributed by atoms with Gasteiger partial charge in [0.2, 0.25) is 5.91 Å². The molecule has 0 bridgehead atoms. The lowest BCUT2D eigenvalue weighted by atomic mass is 10.4. The number of rotatable bonds is 4. The Morgan fingerprint density at radius 1 is 1.60 bits per heavy atom. The van der Waals surface area contributed by atoms with Gasteiger partial charge in [0.25, 0.3) is 0 Å². The second kappa shape index (κ2) is 5.70. The number of nitrogens with one attached hydrogen (secondary N) is 2. The van der Waals surface area contributed by atoms with E-state index in [4.69, 9.17) is 0 Å². The molecule has 0 aromatic carbocycles. The lowest BCUT2D eigenvalue weighted by Gasteiger charge is -2.10. The summed E-state index contributed by atoms with van der Waals surface area (Å²) in [5, 5.41) is 5.74. The second-order valence-electron chi connectivity index (χ2n) is 3.41. The summed E-state index contributed by atoms with van der Waals surface area (Å²) >= 11 is 3.34. The van der Waals surface area contributed by atoms with Gasteiger partial charge in [-0.15, -0.1) is 0 Å². The molecule has 0 fully saturated rings. The van der Waals surface area contributed by atoms with Crippen LogP contribution < -0.4 is 10.6 Å². The number of hydrogen-bond acceptors (Lipinski definition) is 3. The van der Waals surface area contributed by atoms with Gasteiger partial charge in [-0.1, -0.05) is 0 Å². The second-order valence-corrected chi connectivity index (χ2v) is 4.26. The molecule has 15 heavy (non-hydrogen) atoms. The van der Waals surface area contributed by atoms with Gasteiger partial charge in [0.05, 0.1) is 11.0 Å². The Bertz CT molecular complexity index is 341. The summed E-state index contributed by atoms with van der Waals surface area (Å²) in [4.78, 5) is 15.4. The maximum absolute atomic E-state index is 11.3. The third-order valence-electron chi connectivity index (χ3n) is 1.62. The number of amides is 1. The van der Waals surface area contributed by atoms with E-state index < -0.39 is 0 Å². The standard InChI is InChI=1S/C10H14BrN3O/c1-7(2)14-9(15)6-13-10-8(11)4-3-5-12-10/h3-5,7H,6H2,1-2H3,(H,12,13)(H,14,15). The normalized spacial score (nSPS) is 10.1. The molecule has 4 nitrogen and oxygen atoms in total. The molecule has 0 aliphatic heterocycles. The number of pyridine rings is 1. The van der Waals surface area contributed by atoms with E-state index in [9.17, 15) is 4.79 Å². The van der Waals surface area contributed by atoms with Gasteiger partial charge < -0.3 is 10.6 Å². The third-order valence-corrected chi connectivity index (χ3v) is 2.26. The van der Waals surface area contributed by atoms with Crippen molar-refractivity contribution < 1.29 is 4.79 Å². The van der Waals surface area contributed by atoms with Crippen molar-refractivity contribution in [1.82, 2.24) is 10.3 Å². The van der Waals surface area contributed by atoms with Crippen molar-refractivity contribution in [2.45, 2.75) is 19.9 Å². The SMILES string of the molecule is CC(C)NC(=O)CNc1ncccc1Br. The van der Waals surface area contributed by atoms with E-state index in [0.29, 0.717) is 5.82 Å². The number of nitrogens with zero attached hydrogens (tertiary/aromatic N) is 1. The van der Waals surface area contributed by atoms with Crippen LogP contribution in [0, 0.1) is 0 Å². The lowest BCUT2D eigenvalue weighted by Crippen LogP contribution is -2.35. The zero-order valence-electron chi connectivity index (χ0n) is 8.75. The fourth-order valence-corrected chi connectivity index (χ4v) is 1.45. The van der Waals surface area contributed by atoms with Gasteiger partial charge in [-0.3, -0.25) is 4.79 Å². The molecule has 0 spiro atoms. The van der Waals surface area contributed by atoms with Crippen molar-refractivity contribution in [1.29, 1.82) is 0 Å². The summed E-state index contributed by atoms with van der Waals surface area (Å²) in [6.45, 7) is 4.08. The molecular formula is C10H14BrN3O. The summed E-state index contributed by atoms with van der Waals surface area (Å²) in [5.41, 5.74) is 0. The molecule has 0 aliphatic rings. The summed E-state index contributed by atoms with van der Waals surface area (Å²) in [5.74, 6) is 0.638. The Kier molecular flexibility index (Phi) is 4.55. The number of hydrogen-bond donors (Lipinski definition) is 2. The molecule has 1 amide bonds. The van der Waals surface area contributed by atoms with Crippen molar-refractivity contribution in [2.24, 2.45) is 0 Å². The summed E-state index contributed by atoms with van der Waals surface area (Å²) in [6.07, 6.45) is 1.67. The van der Waals surface area contributed by atoms with Crippen molar-refractivity contribution in [3.05, 3.63) is 22.8 Å². The van der Waals surface area contributed by atoms with Crippen LogP contribution in [-0.4, -0.2) is 23.5 Å². The molecule has 82 valence electrons. The smallest absolute Gasteiger partial charge is 0.239 e. The number of carbonyl (C=O) groups is 1. The molecule has 1 aromatic heterocycles. The molecule has 0 aliphatic carbocycles. The quantitative estimate of drug-likeness (QED) is 0.878. The molecule has 0 saturated carbocycles. The molecule has 2 N–H and O–H groups in total. The average Bonchev–Trinajstić information content (AvgIpc) is 2.15. The topological polar surface area (TPSA) is 54.0 Å². The maximum Gasteiger partial charge on any atom is 0.239 e. The molecule has 1 aromatic rings. The van der Waals surface area contributed by atoms with Gasteiger partial charge in [0.15, 0.2) is 0 Å². The minimum Gasteiger partial charge on any atom is -0.360 e. The maximum atomic E-state index is 11.3. The van der Waals surface area contributed by atoms with Crippen LogP contribution >= 0.6 is 15.9 Å².